The molecule has 1 aliphatic carbocycles. The molecule has 0 saturated carbocycles. The van der Waals surface area contributed by atoms with Crippen LogP contribution < -0.4 is 10.6 Å². The lowest BCUT2D eigenvalue weighted by Crippen LogP contribution is -2.46. The normalized spacial score (nSPS) is 15.5. The zero-order valence-electron chi connectivity index (χ0n) is 21.1. The zero-order chi connectivity index (χ0) is 25.2. The second-order valence-electron chi connectivity index (χ2n) is 10.4. The summed E-state index contributed by atoms with van der Waals surface area (Å²) in [5.74, 6) is -0.478. The molecule has 35 heavy (non-hydrogen) atoms. The van der Waals surface area contributed by atoms with Crippen molar-refractivity contribution in [3.8, 4) is 0 Å². The number of nitrogens with one attached hydrogen (secondary N) is 3. The minimum Gasteiger partial charge on any atom is -0.354 e. The summed E-state index contributed by atoms with van der Waals surface area (Å²) in [4.78, 5) is 42.3. The van der Waals surface area contributed by atoms with Crippen LogP contribution in [0.25, 0.3) is 10.8 Å². The fourth-order valence-corrected chi connectivity index (χ4v) is 5.12. The lowest BCUT2D eigenvalue weighted by atomic mass is 9.75. The minimum absolute atomic E-state index is 0.0689. The summed E-state index contributed by atoms with van der Waals surface area (Å²) in [7, 11) is 0. The number of aromatic nitrogens is 1. The fourth-order valence-electron chi connectivity index (χ4n) is 5.12. The number of fused-ring (bicyclic) bond motifs is 2. The Bertz CT molecular complexity index is 1270. The van der Waals surface area contributed by atoms with Crippen molar-refractivity contribution in [1.29, 1.82) is 0 Å². The Hall–Kier alpha value is -3.41. The van der Waals surface area contributed by atoms with Gasteiger partial charge in [-0.25, -0.2) is 0 Å². The molecule has 1 aliphatic rings. The Morgan fingerprint density at radius 3 is 2.60 bits per heavy atom. The van der Waals surface area contributed by atoms with Gasteiger partial charge < -0.3 is 15.6 Å². The van der Waals surface area contributed by atoms with E-state index in [9.17, 15) is 14.4 Å². The van der Waals surface area contributed by atoms with E-state index >= 15 is 0 Å². The maximum atomic E-state index is 13.2. The van der Waals surface area contributed by atoms with Crippen molar-refractivity contribution in [2.75, 3.05) is 0 Å². The predicted molar refractivity (Wildman–Crippen MR) is 139 cm³/mol. The highest BCUT2D eigenvalue weighted by atomic mass is 16.2. The Morgan fingerprint density at radius 1 is 1.09 bits per heavy atom. The number of carbonyl (C=O) groups excluding carboxylic acids is 3. The van der Waals surface area contributed by atoms with E-state index in [1.807, 2.05) is 37.3 Å². The average molecular weight is 474 g/mol. The molecule has 0 bridgehead atoms. The quantitative estimate of drug-likeness (QED) is 0.418. The summed E-state index contributed by atoms with van der Waals surface area (Å²) in [5, 5.41) is 8.18. The summed E-state index contributed by atoms with van der Waals surface area (Å²) in [6, 6.07) is 13.5. The van der Waals surface area contributed by atoms with Gasteiger partial charge in [0.15, 0.2) is 5.78 Å². The topological polar surface area (TPSA) is 91.1 Å². The number of unbranched alkanes of at least 4 members (excludes halogenated alkanes) is 1. The highest BCUT2D eigenvalue weighted by Crippen LogP contribution is 2.36. The molecule has 6 nitrogen and oxygen atoms in total. The highest BCUT2D eigenvalue weighted by Gasteiger charge is 2.35. The maximum Gasteiger partial charge on any atom is 0.268 e. The molecular weight excluding hydrogens is 438 g/mol. The number of aromatic amines is 1. The number of rotatable bonds is 8. The van der Waals surface area contributed by atoms with Crippen LogP contribution in [0.2, 0.25) is 0 Å². The number of ketones is 1. The van der Waals surface area contributed by atoms with Crippen LogP contribution in [0.3, 0.4) is 0 Å². The van der Waals surface area contributed by atoms with Crippen LogP contribution in [-0.2, 0) is 17.8 Å². The smallest absolute Gasteiger partial charge is 0.268 e. The molecule has 0 aliphatic heterocycles. The second kappa shape index (κ2) is 10.1. The van der Waals surface area contributed by atoms with Gasteiger partial charge in [-0.15, -0.1) is 0 Å². The van der Waals surface area contributed by atoms with Crippen LogP contribution in [-0.4, -0.2) is 28.6 Å². The highest BCUT2D eigenvalue weighted by molar-refractivity contribution is 6.05. The molecule has 2 aromatic carbocycles. The van der Waals surface area contributed by atoms with E-state index in [0.29, 0.717) is 42.6 Å². The fraction of sp³-hybridized carbons (Fsp3) is 0.414. The monoisotopic (exact) mass is 473 g/mol. The molecule has 4 rings (SSSR count). The standard InChI is InChI=1S/C29H35N3O3/c1-5-6-14-22(27(34)30-17-20-12-9-11-19-10-7-8-13-21(19)20)32-28(35)26-18(2)25-23(31-26)15-29(3,4)16-24(25)33/h7-13,22,31H,5-6,14-17H2,1-4H3,(H,30,34)(H,32,35). The molecule has 3 aromatic rings. The third-order valence-corrected chi connectivity index (χ3v) is 6.93. The van der Waals surface area contributed by atoms with Crippen molar-refractivity contribution in [1.82, 2.24) is 15.6 Å². The van der Waals surface area contributed by atoms with Crippen LogP contribution in [0.5, 0.6) is 0 Å². The van der Waals surface area contributed by atoms with Crippen molar-refractivity contribution in [3.05, 3.63) is 70.5 Å². The van der Waals surface area contributed by atoms with Gasteiger partial charge >= 0.3 is 0 Å². The van der Waals surface area contributed by atoms with Gasteiger partial charge in [0.05, 0.1) is 0 Å². The first-order valence-corrected chi connectivity index (χ1v) is 12.5. The van der Waals surface area contributed by atoms with Crippen molar-refractivity contribution >= 4 is 28.4 Å². The van der Waals surface area contributed by atoms with Crippen molar-refractivity contribution in [3.63, 3.8) is 0 Å². The van der Waals surface area contributed by atoms with E-state index in [0.717, 1.165) is 34.9 Å². The van der Waals surface area contributed by atoms with E-state index in [2.05, 4.69) is 48.5 Å². The number of carbonyl (C=O) groups is 3. The molecule has 184 valence electrons. The van der Waals surface area contributed by atoms with E-state index in [1.165, 1.54) is 0 Å². The van der Waals surface area contributed by atoms with Gasteiger partial charge in [0.25, 0.3) is 5.91 Å². The molecule has 0 radical (unpaired) electrons. The Balaban J connectivity index is 1.49. The maximum absolute atomic E-state index is 13.2. The first-order valence-electron chi connectivity index (χ1n) is 12.5. The van der Waals surface area contributed by atoms with E-state index in [4.69, 9.17) is 0 Å². The Morgan fingerprint density at radius 2 is 1.83 bits per heavy atom. The Labute approximate surface area is 206 Å². The molecule has 6 heteroatoms. The minimum atomic E-state index is -0.649. The molecule has 1 unspecified atom stereocenters. The SMILES string of the molecule is CCCCC(NC(=O)c1[nH]c2c(c1C)C(=O)CC(C)(C)C2)C(=O)NCc1cccc2ccccc12. The molecule has 1 atom stereocenters. The zero-order valence-corrected chi connectivity index (χ0v) is 21.1. The number of Topliss-reactive ketones (excluding diaryl/α,β-unsaturated/α-hetero) is 1. The molecular formula is C29H35N3O3. The number of hydrogen-bond acceptors (Lipinski definition) is 3. The van der Waals surface area contributed by atoms with Crippen LogP contribution in [0.1, 0.15) is 84.1 Å². The van der Waals surface area contributed by atoms with Crippen LogP contribution in [0.15, 0.2) is 42.5 Å². The lowest BCUT2D eigenvalue weighted by Gasteiger charge is -2.28. The van der Waals surface area contributed by atoms with Crippen LogP contribution in [0.4, 0.5) is 0 Å². The van der Waals surface area contributed by atoms with Crippen LogP contribution >= 0.6 is 0 Å². The Kier molecular flexibility index (Phi) is 7.10. The van der Waals surface area contributed by atoms with E-state index < -0.39 is 6.04 Å². The summed E-state index contributed by atoms with van der Waals surface area (Å²) < 4.78 is 0. The van der Waals surface area contributed by atoms with Gasteiger partial charge in [0.2, 0.25) is 5.91 Å². The van der Waals surface area contributed by atoms with E-state index in [1.54, 1.807) is 0 Å². The predicted octanol–water partition coefficient (Wildman–Crippen LogP) is 5.24. The molecule has 3 N–H and O–H groups in total. The number of amides is 2. The third-order valence-electron chi connectivity index (χ3n) is 6.93. The van der Waals surface area contributed by atoms with Gasteiger partial charge in [0, 0.05) is 24.2 Å². The van der Waals surface area contributed by atoms with E-state index in [-0.39, 0.29) is 23.0 Å². The number of benzene rings is 2. The average Bonchev–Trinajstić information content (AvgIpc) is 3.15. The first kappa shape index (κ1) is 24.7. The molecule has 0 saturated heterocycles. The molecule has 1 aromatic heterocycles. The first-order chi connectivity index (χ1) is 16.7. The summed E-state index contributed by atoms with van der Waals surface area (Å²) in [5.41, 5.74) is 3.40. The van der Waals surface area contributed by atoms with Crippen LogP contribution in [0, 0.1) is 12.3 Å². The van der Waals surface area contributed by atoms with Gasteiger partial charge in [-0.2, -0.15) is 0 Å². The molecule has 2 amide bonds. The number of hydrogen-bond donors (Lipinski definition) is 3. The van der Waals surface area contributed by atoms with Crippen molar-refractivity contribution < 1.29 is 14.4 Å². The van der Waals surface area contributed by atoms with Gasteiger partial charge in [-0.3, -0.25) is 14.4 Å². The van der Waals surface area contributed by atoms with Gasteiger partial charge in [-0.1, -0.05) is 76.1 Å². The largest absolute Gasteiger partial charge is 0.354 e. The lowest BCUT2D eigenvalue weighted by molar-refractivity contribution is -0.123. The van der Waals surface area contributed by atoms with Gasteiger partial charge in [-0.05, 0) is 47.1 Å². The molecule has 0 spiro atoms. The number of H-pyrrole nitrogens is 1. The second-order valence-corrected chi connectivity index (χ2v) is 10.4. The van der Waals surface area contributed by atoms with Gasteiger partial charge in [0.1, 0.15) is 11.7 Å². The summed E-state index contributed by atoms with van der Waals surface area (Å²) >= 11 is 0. The molecule has 1 heterocycles. The summed E-state index contributed by atoms with van der Waals surface area (Å²) in [6.07, 6.45) is 3.47. The summed E-state index contributed by atoms with van der Waals surface area (Å²) in [6.45, 7) is 8.37. The van der Waals surface area contributed by atoms with Crippen molar-refractivity contribution in [2.24, 2.45) is 5.41 Å². The molecule has 0 fully saturated rings. The van der Waals surface area contributed by atoms with Crippen molar-refractivity contribution in [2.45, 2.75) is 72.4 Å². The third kappa shape index (κ3) is 5.31.